The van der Waals surface area contributed by atoms with Crippen molar-refractivity contribution in [3.63, 3.8) is 0 Å². The number of aliphatic hydroxyl groups is 1. The van der Waals surface area contributed by atoms with Crippen molar-refractivity contribution in [2.75, 3.05) is 6.54 Å². The summed E-state index contributed by atoms with van der Waals surface area (Å²) < 4.78 is 42.4. The number of alkyl halides is 1. The third-order valence-corrected chi connectivity index (χ3v) is 11.5. The fourth-order valence-corrected chi connectivity index (χ4v) is 5.40. The summed E-state index contributed by atoms with van der Waals surface area (Å²) in [6.07, 6.45) is -0.685. The van der Waals surface area contributed by atoms with Gasteiger partial charge in [0.05, 0.1) is 17.8 Å². The summed E-state index contributed by atoms with van der Waals surface area (Å²) in [6, 6.07) is 1.30. The van der Waals surface area contributed by atoms with Crippen molar-refractivity contribution in [1.82, 2.24) is 10.3 Å². The summed E-state index contributed by atoms with van der Waals surface area (Å²) in [7, 11) is -2.34. The minimum absolute atomic E-state index is 0.0623. The Morgan fingerprint density at radius 1 is 1.21 bits per heavy atom. The number of nitrogens with one attached hydrogen (secondary N) is 1. The minimum atomic E-state index is -2.34. The maximum absolute atomic E-state index is 15.5. The quantitative estimate of drug-likeness (QED) is 0.323. The number of pyridine rings is 1. The number of halogens is 3. The van der Waals surface area contributed by atoms with E-state index in [0.29, 0.717) is 0 Å². The molecule has 0 aliphatic heterocycles. The number of amides is 1. The first-order valence-electron chi connectivity index (χ1n) is 11.5. The normalized spacial score (nSPS) is 18.3. The predicted molar refractivity (Wildman–Crippen MR) is 132 cm³/mol. The number of hydrogen-bond donors (Lipinski definition) is 2. The number of aromatic nitrogens is 1. The highest BCUT2D eigenvalue weighted by Gasteiger charge is 2.62. The molecule has 1 fully saturated rings. The van der Waals surface area contributed by atoms with Crippen LogP contribution in [-0.4, -0.2) is 42.3 Å². The van der Waals surface area contributed by atoms with Gasteiger partial charge in [-0.3, -0.25) is 0 Å². The van der Waals surface area contributed by atoms with Gasteiger partial charge in [-0.25, -0.2) is 18.6 Å². The summed E-state index contributed by atoms with van der Waals surface area (Å²) in [5, 5.41) is 13.3. The highest BCUT2D eigenvalue weighted by Crippen LogP contribution is 2.53. The lowest BCUT2D eigenvalue weighted by molar-refractivity contribution is -0.0593. The first-order valence-corrected chi connectivity index (χ1v) is 14.8. The monoisotopic (exact) mass is 520 g/mol. The summed E-state index contributed by atoms with van der Waals surface area (Å²) >= 11 is 6.14. The molecule has 0 radical (unpaired) electrons. The third kappa shape index (κ3) is 6.09. The topological polar surface area (TPSA) is 80.7 Å². The van der Waals surface area contributed by atoms with Crippen molar-refractivity contribution < 1.29 is 27.8 Å². The van der Waals surface area contributed by atoms with Crippen LogP contribution in [0.5, 0.6) is 0 Å². The van der Waals surface area contributed by atoms with Gasteiger partial charge < -0.3 is 19.6 Å². The van der Waals surface area contributed by atoms with E-state index in [2.05, 4.69) is 31.1 Å². The largest absolute Gasteiger partial charge is 0.444 e. The number of alkyl carbamates (subject to hydrolysis) is 1. The number of nitrogens with zero attached hydrogens (tertiary/aromatic N) is 1. The standard InChI is InChI=1S/C24H39ClF2N2O4Si/c1-20(2,3)32-19(30)28-14-24(31,23(27)11-12-23)16-13-15(17(26)18(25)29-16)22(7,8)33-34(9,10)21(4,5)6/h13,31H,11-12,14H2,1-10H3,(H,28,30). The molecule has 1 amide bonds. The van der Waals surface area contributed by atoms with Crippen LogP contribution >= 0.6 is 11.6 Å². The lowest BCUT2D eigenvalue weighted by Crippen LogP contribution is -2.50. The van der Waals surface area contributed by atoms with Crippen molar-refractivity contribution >= 4 is 26.0 Å². The van der Waals surface area contributed by atoms with E-state index in [1.54, 1.807) is 34.6 Å². The molecular formula is C24H39ClF2N2O4Si. The second kappa shape index (κ2) is 8.98. The smallest absolute Gasteiger partial charge is 0.407 e. The van der Waals surface area contributed by atoms with E-state index in [1.807, 2.05) is 13.1 Å². The molecule has 0 bridgehead atoms. The van der Waals surface area contributed by atoms with Crippen LogP contribution in [0.15, 0.2) is 6.07 Å². The summed E-state index contributed by atoms with van der Waals surface area (Å²) in [6.45, 7) is 18.3. The number of rotatable bonds is 7. The second-order valence-electron chi connectivity index (χ2n) is 12.2. The van der Waals surface area contributed by atoms with Gasteiger partial charge in [0.2, 0.25) is 0 Å². The molecule has 1 saturated carbocycles. The average molecular weight is 521 g/mol. The van der Waals surface area contributed by atoms with Crippen molar-refractivity contribution in [1.29, 1.82) is 0 Å². The first kappa shape index (κ1) is 28.9. The van der Waals surface area contributed by atoms with Crippen molar-refractivity contribution in [3.8, 4) is 0 Å². The van der Waals surface area contributed by atoms with Crippen LogP contribution in [0.4, 0.5) is 13.6 Å². The predicted octanol–water partition coefficient (Wildman–Crippen LogP) is 6.35. The van der Waals surface area contributed by atoms with Crippen LogP contribution in [0.2, 0.25) is 23.3 Å². The zero-order valence-corrected chi connectivity index (χ0v) is 23.7. The van der Waals surface area contributed by atoms with Gasteiger partial charge in [-0.05, 0) is 71.7 Å². The highest BCUT2D eigenvalue weighted by atomic mass is 35.5. The molecule has 0 saturated heterocycles. The van der Waals surface area contributed by atoms with E-state index >= 15 is 8.78 Å². The molecule has 34 heavy (non-hydrogen) atoms. The van der Waals surface area contributed by atoms with Gasteiger partial charge >= 0.3 is 6.09 Å². The van der Waals surface area contributed by atoms with E-state index in [0.717, 1.165) is 0 Å². The van der Waals surface area contributed by atoms with Crippen molar-refractivity contribution in [2.24, 2.45) is 0 Å². The summed E-state index contributed by atoms with van der Waals surface area (Å²) in [5.41, 5.74) is -6.30. The molecule has 1 atom stereocenters. The van der Waals surface area contributed by atoms with Crippen LogP contribution in [-0.2, 0) is 20.4 Å². The van der Waals surface area contributed by atoms with Crippen molar-refractivity contribution in [2.45, 2.75) is 109 Å². The van der Waals surface area contributed by atoms with E-state index in [1.165, 1.54) is 6.07 Å². The Kier molecular flexibility index (Phi) is 7.64. The van der Waals surface area contributed by atoms with Gasteiger partial charge in [-0.15, -0.1) is 0 Å². The highest BCUT2D eigenvalue weighted by molar-refractivity contribution is 6.74. The van der Waals surface area contributed by atoms with E-state index in [-0.39, 0.29) is 29.1 Å². The molecule has 1 aromatic rings. The molecule has 10 heteroatoms. The van der Waals surface area contributed by atoms with Gasteiger partial charge in [-0.2, -0.15) is 0 Å². The molecule has 2 rings (SSSR count). The van der Waals surface area contributed by atoms with Crippen LogP contribution in [0.1, 0.15) is 79.5 Å². The lowest BCUT2D eigenvalue weighted by atomic mass is 9.87. The van der Waals surface area contributed by atoms with E-state index in [9.17, 15) is 9.90 Å². The molecule has 1 aromatic heterocycles. The summed E-state index contributed by atoms with van der Waals surface area (Å²) in [4.78, 5) is 16.2. The average Bonchev–Trinajstić information content (AvgIpc) is 3.37. The van der Waals surface area contributed by atoms with Gasteiger partial charge in [0.15, 0.2) is 24.9 Å². The fraction of sp³-hybridized carbons (Fsp3) is 0.750. The maximum Gasteiger partial charge on any atom is 0.407 e. The molecule has 0 spiro atoms. The van der Waals surface area contributed by atoms with Crippen LogP contribution in [0.25, 0.3) is 0 Å². The van der Waals surface area contributed by atoms with Gasteiger partial charge in [0.25, 0.3) is 0 Å². The van der Waals surface area contributed by atoms with Crippen LogP contribution in [0.3, 0.4) is 0 Å². The third-order valence-electron chi connectivity index (χ3n) is 6.62. The molecule has 6 nitrogen and oxygen atoms in total. The van der Waals surface area contributed by atoms with E-state index in [4.69, 9.17) is 20.8 Å². The first-order chi connectivity index (χ1) is 15.0. The molecule has 1 aliphatic rings. The Hall–Kier alpha value is -1.29. The van der Waals surface area contributed by atoms with Gasteiger partial charge in [0.1, 0.15) is 11.3 Å². The molecule has 2 N–H and O–H groups in total. The molecular weight excluding hydrogens is 482 g/mol. The number of carbonyl (C=O) groups excluding carboxylic acids is 1. The molecule has 194 valence electrons. The SMILES string of the molecule is CC(C)(C)OC(=O)NCC(O)(c1cc(C(C)(C)O[Si](C)(C)C(C)(C)C)c(F)c(Cl)n1)C1(F)CC1. The molecule has 1 heterocycles. The number of hydrogen-bond acceptors (Lipinski definition) is 5. The summed E-state index contributed by atoms with van der Waals surface area (Å²) in [5.74, 6) is -0.791. The number of ether oxygens (including phenoxy) is 1. The Labute approximate surface area is 207 Å². The molecule has 0 aromatic carbocycles. The minimum Gasteiger partial charge on any atom is -0.444 e. The van der Waals surface area contributed by atoms with Crippen molar-refractivity contribution in [3.05, 3.63) is 28.3 Å². The number of carbonyl (C=O) groups is 1. The maximum atomic E-state index is 15.5. The molecule has 1 unspecified atom stereocenters. The zero-order valence-electron chi connectivity index (χ0n) is 22.0. The van der Waals surface area contributed by atoms with Gasteiger partial charge in [-0.1, -0.05) is 32.4 Å². The van der Waals surface area contributed by atoms with Crippen LogP contribution in [0, 0.1) is 5.82 Å². The fourth-order valence-electron chi connectivity index (χ4n) is 3.51. The van der Waals surface area contributed by atoms with E-state index < -0.39 is 54.4 Å². The zero-order chi connectivity index (χ0) is 26.5. The Morgan fingerprint density at radius 2 is 1.74 bits per heavy atom. The Morgan fingerprint density at radius 3 is 2.18 bits per heavy atom. The lowest BCUT2D eigenvalue weighted by Gasteiger charge is -2.43. The Balaban J connectivity index is 2.50. The molecule has 1 aliphatic carbocycles. The van der Waals surface area contributed by atoms with Crippen LogP contribution < -0.4 is 5.32 Å². The second-order valence-corrected chi connectivity index (χ2v) is 17.3. The Bertz CT molecular complexity index is 940. The van der Waals surface area contributed by atoms with Gasteiger partial charge in [0, 0.05) is 5.56 Å².